The molecule has 1 amide bonds. The quantitative estimate of drug-likeness (QED) is 0.440. The van der Waals surface area contributed by atoms with Crippen LogP contribution in [-0.2, 0) is 23.2 Å². The van der Waals surface area contributed by atoms with Crippen LogP contribution in [0.25, 0.3) is 5.57 Å². The van der Waals surface area contributed by atoms with E-state index >= 15 is 0 Å². The van der Waals surface area contributed by atoms with Crippen molar-refractivity contribution in [2.45, 2.75) is 33.0 Å². The average molecular weight is 423 g/mol. The number of rotatable bonds is 7. The minimum atomic E-state index is -0.588. The summed E-state index contributed by atoms with van der Waals surface area (Å²) in [5.41, 5.74) is 4.54. The lowest BCUT2D eigenvalue weighted by Gasteiger charge is -2.19. The van der Waals surface area contributed by atoms with E-state index in [4.69, 9.17) is 9.57 Å². The van der Waals surface area contributed by atoms with Crippen LogP contribution >= 0.6 is 0 Å². The summed E-state index contributed by atoms with van der Waals surface area (Å²) in [5, 5.41) is 14.3. The molecule has 0 saturated heterocycles. The highest BCUT2D eigenvalue weighted by molar-refractivity contribution is 5.83. The Morgan fingerprint density at radius 1 is 1.13 bits per heavy atom. The van der Waals surface area contributed by atoms with Crippen molar-refractivity contribution in [1.82, 2.24) is 30.7 Å². The number of carbonyl (C=O) groups excluding carboxylic acids is 1. The molecule has 2 N–H and O–H groups in total. The summed E-state index contributed by atoms with van der Waals surface area (Å²) >= 11 is 0. The Bertz CT molecular complexity index is 1040. The SMILES string of the molecule is Cn1nnnc1C(=CNOCc1cccc(NC(=O)OC(C)(C)C)n1)c1ccccc1. The molecule has 0 bridgehead atoms. The number of ether oxygens (including phenoxy) is 1. The van der Waals surface area contributed by atoms with Crippen LogP contribution in [0.5, 0.6) is 0 Å². The summed E-state index contributed by atoms with van der Waals surface area (Å²) < 4.78 is 6.81. The number of aryl methyl sites for hydroxylation is 1. The third-order valence-corrected chi connectivity index (χ3v) is 3.89. The molecular weight excluding hydrogens is 398 g/mol. The van der Waals surface area contributed by atoms with E-state index in [1.807, 2.05) is 30.3 Å². The van der Waals surface area contributed by atoms with E-state index in [0.29, 0.717) is 17.3 Å². The highest BCUT2D eigenvalue weighted by atomic mass is 16.6. The van der Waals surface area contributed by atoms with Crippen LogP contribution in [0.15, 0.2) is 54.7 Å². The lowest BCUT2D eigenvalue weighted by molar-refractivity contribution is 0.0557. The number of hydroxylamine groups is 1. The van der Waals surface area contributed by atoms with Crippen LogP contribution in [0, 0.1) is 0 Å². The zero-order valence-corrected chi connectivity index (χ0v) is 17.9. The first-order valence-electron chi connectivity index (χ1n) is 9.63. The minimum Gasteiger partial charge on any atom is -0.444 e. The Kier molecular flexibility index (Phi) is 6.93. The lowest BCUT2D eigenvalue weighted by Crippen LogP contribution is -2.27. The predicted octanol–water partition coefficient (Wildman–Crippen LogP) is 3.06. The Balaban J connectivity index is 1.63. The van der Waals surface area contributed by atoms with Crippen molar-refractivity contribution in [3.8, 4) is 0 Å². The second kappa shape index (κ2) is 9.81. The van der Waals surface area contributed by atoms with Gasteiger partial charge in [-0.05, 0) is 48.9 Å². The molecule has 31 heavy (non-hydrogen) atoms. The number of pyridine rings is 1. The van der Waals surface area contributed by atoms with E-state index < -0.39 is 11.7 Å². The maximum atomic E-state index is 11.9. The number of nitrogens with one attached hydrogen (secondary N) is 2. The number of benzene rings is 1. The fourth-order valence-corrected chi connectivity index (χ4v) is 2.61. The normalized spacial score (nSPS) is 11.8. The van der Waals surface area contributed by atoms with Gasteiger partial charge in [-0.1, -0.05) is 36.4 Å². The van der Waals surface area contributed by atoms with Gasteiger partial charge in [-0.15, -0.1) is 5.10 Å². The van der Waals surface area contributed by atoms with E-state index in [2.05, 4.69) is 31.3 Å². The first-order chi connectivity index (χ1) is 14.8. The number of amides is 1. The third kappa shape index (κ3) is 6.61. The maximum Gasteiger partial charge on any atom is 0.413 e. The van der Waals surface area contributed by atoms with Gasteiger partial charge in [-0.25, -0.2) is 14.5 Å². The fourth-order valence-electron chi connectivity index (χ4n) is 2.61. The van der Waals surface area contributed by atoms with E-state index in [-0.39, 0.29) is 6.61 Å². The van der Waals surface area contributed by atoms with Crippen LogP contribution in [0.2, 0.25) is 0 Å². The number of aromatic nitrogens is 5. The summed E-state index contributed by atoms with van der Waals surface area (Å²) in [6, 6.07) is 14.9. The largest absolute Gasteiger partial charge is 0.444 e. The molecule has 1 aromatic carbocycles. The molecule has 3 rings (SSSR count). The number of carbonyl (C=O) groups is 1. The van der Waals surface area contributed by atoms with Crippen LogP contribution in [0.1, 0.15) is 37.9 Å². The van der Waals surface area contributed by atoms with Gasteiger partial charge in [0.1, 0.15) is 18.0 Å². The molecule has 0 unspecified atom stereocenters. The zero-order chi connectivity index (χ0) is 22.3. The predicted molar refractivity (Wildman–Crippen MR) is 114 cm³/mol. The highest BCUT2D eigenvalue weighted by Crippen LogP contribution is 2.19. The lowest BCUT2D eigenvalue weighted by atomic mass is 10.1. The van der Waals surface area contributed by atoms with Gasteiger partial charge >= 0.3 is 6.09 Å². The van der Waals surface area contributed by atoms with Crippen molar-refractivity contribution in [2.75, 3.05) is 5.32 Å². The second-order valence-electron chi connectivity index (χ2n) is 7.60. The maximum absolute atomic E-state index is 11.9. The third-order valence-electron chi connectivity index (χ3n) is 3.89. The number of tetrazole rings is 1. The first kappa shape index (κ1) is 21.9. The van der Waals surface area contributed by atoms with E-state index in [9.17, 15) is 4.79 Å². The molecule has 0 saturated carbocycles. The van der Waals surface area contributed by atoms with Crippen LogP contribution < -0.4 is 10.8 Å². The monoisotopic (exact) mass is 423 g/mol. The topological polar surface area (TPSA) is 116 Å². The molecule has 2 aromatic heterocycles. The molecule has 0 aliphatic rings. The van der Waals surface area contributed by atoms with Gasteiger partial charge in [-0.2, -0.15) is 0 Å². The highest BCUT2D eigenvalue weighted by Gasteiger charge is 2.16. The number of nitrogens with zero attached hydrogens (tertiary/aromatic N) is 5. The van der Waals surface area contributed by atoms with E-state index in [1.54, 1.807) is 56.9 Å². The molecule has 0 spiro atoms. The minimum absolute atomic E-state index is 0.166. The molecule has 0 aliphatic carbocycles. The summed E-state index contributed by atoms with van der Waals surface area (Å²) in [5.74, 6) is 0.963. The Hall–Kier alpha value is -3.79. The van der Waals surface area contributed by atoms with Gasteiger partial charge < -0.3 is 4.74 Å². The van der Waals surface area contributed by atoms with Gasteiger partial charge in [-0.3, -0.25) is 15.6 Å². The van der Waals surface area contributed by atoms with Gasteiger partial charge in [0.15, 0.2) is 5.82 Å². The molecule has 162 valence electrons. The standard InChI is InChI=1S/C21H25N7O3/c1-21(2,3)31-20(29)24-18-12-8-11-16(23-18)14-30-22-13-17(15-9-6-5-7-10-15)19-25-26-27-28(19)4/h5-13,22H,14H2,1-4H3,(H,23,24,29). The molecular formula is C21H25N7O3. The Labute approximate surface area is 180 Å². The van der Waals surface area contributed by atoms with E-state index in [1.165, 1.54) is 0 Å². The van der Waals surface area contributed by atoms with Gasteiger partial charge in [0.25, 0.3) is 0 Å². The summed E-state index contributed by atoms with van der Waals surface area (Å²) in [4.78, 5) is 21.8. The Morgan fingerprint density at radius 3 is 2.58 bits per heavy atom. The van der Waals surface area contributed by atoms with Crippen molar-refractivity contribution in [2.24, 2.45) is 7.05 Å². The summed E-state index contributed by atoms with van der Waals surface area (Å²) in [6.07, 6.45) is 1.12. The fraction of sp³-hybridized carbons (Fsp3) is 0.286. The molecule has 3 aromatic rings. The second-order valence-corrected chi connectivity index (χ2v) is 7.60. The van der Waals surface area contributed by atoms with Gasteiger partial charge in [0, 0.05) is 18.8 Å². The van der Waals surface area contributed by atoms with Crippen molar-refractivity contribution < 1.29 is 14.4 Å². The summed E-state index contributed by atoms with van der Waals surface area (Å²) in [6.45, 7) is 5.55. The molecule has 0 fully saturated rings. The van der Waals surface area contributed by atoms with Crippen LogP contribution in [0.3, 0.4) is 0 Å². The molecule has 10 nitrogen and oxygen atoms in total. The van der Waals surface area contributed by atoms with Crippen molar-refractivity contribution in [1.29, 1.82) is 0 Å². The molecule has 2 heterocycles. The van der Waals surface area contributed by atoms with Crippen molar-refractivity contribution in [3.05, 3.63) is 71.8 Å². The smallest absolute Gasteiger partial charge is 0.413 e. The summed E-state index contributed by atoms with van der Waals surface area (Å²) in [7, 11) is 1.76. The molecule has 0 atom stereocenters. The van der Waals surface area contributed by atoms with Crippen molar-refractivity contribution >= 4 is 17.5 Å². The molecule has 10 heteroatoms. The van der Waals surface area contributed by atoms with Crippen LogP contribution in [0.4, 0.5) is 10.6 Å². The Morgan fingerprint density at radius 2 is 1.90 bits per heavy atom. The van der Waals surface area contributed by atoms with Gasteiger partial charge in [0.05, 0.1) is 5.69 Å². The van der Waals surface area contributed by atoms with Gasteiger partial charge in [0.2, 0.25) is 0 Å². The average Bonchev–Trinajstić information content (AvgIpc) is 3.13. The number of anilines is 1. The molecule has 0 radical (unpaired) electrons. The number of hydrogen-bond acceptors (Lipinski definition) is 8. The van der Waals surface area contributed by atoms with Crippen LogP contribution in [-0.4, -0.2) is 36.9 Å². The molecule has 0 aliphatic heterocycles. The number of hydrogen-bond donors (Lipinski definition) is 2. The zero-order valence-electron chi connectivity index (χ0n) is 17.9. The van der Waals surface area contributed by atoms with Crippen molar-refractivity contribution in [3.63, 3.8) is 0 Å². The first-order valence-corrected chi connectivity index (χ1v) is 9.63. The van der Waals surface area contributed by atoms with E-state index in [0.717, 1.165) is 11.1 Å².